The molecule has 1 aromatic heterocycles. The van der Waals surface area contributed by atoms with Crippen molar-refractivity contribution in [3.05, 3.63) is 35.0 Å². The lowest BCUT2D eigenvalue weighted by molar-refractivity contribution is -0.0311. The van der Waals surface area contributed by atoms with E-state index in [-0.39, 0.29) is 12.6 Å². The number of aliphatic hydroxyl groups excluding tert-OH is 1. The zero-order valence-corrected chi connectivity index (χ0v) is 12.1. The molecule has 2 aromatic rings. The molecule has 1 aliphatic rings. The number of nitrogens with zero attached hydrogens (tertiary/aromatic N) is 1. The number of aryl methyl sites for hydroxylation is 2. The van der Waals surface area contributed by atoms with Crippen LogP contribution >= 0.6 is 0 Å². The van der Waals surface area contributed by atoms with Gasteiger partial charge in [0.1, 0.15) is 0 Å². The van der Waals surface area contributed by atoms with Crippen LogP contribution in [0.4, 0.5) is 0 Å². The van der Waals surface area contributed by atoms with Crippen LogP contribution in [0.1, 0.15) is 16.8 Å². The minimum Gasteiger partial charge on any atom is -0.395 e. The van der Waals surface area contributed by atoms with Crippen molar-refractivity contribution in [2.24, 2.45) is 0 Å². The minimum atomic E-state index is 0.108. The fourth-order valence-electron chi connectivity index (χ4n) is 2.96. The summed E-state index contributed by atoms with van der Waals surface area (Å²) in [5.74, 6) is 0. The van der Waals surface area contributed by atoms with Gasteiger partial charge in [-0.05, 0) is 25.0 Å². The van der Waals surface area contributed by atoms with E-state index in [2.05, 4.69) is 41.9 Å². The second kappa shape index (κ2) is 5.56. The average Bonchev–Trinajstić information content (AvgIpc) is 2.77. The van der Waals surface area contributed by atoms with E-state index >= 15 is 0 Å². The van der Waals surface area contributed by atoms with Gasteiger partial charge in [0.25, 0.3) is 0 Å². The Hall–Kier alpha value is -1.36. The summed E-state index contributed by atoms with van der Waals surface area (Å²) < 4.78 is 5.44. The van der Waals surface area contributed by atoms with Crippen LogP contribution in [0, 0.1) is 13.8 Å². The van der Waals surface area contributed by atoms with Crippen LogP contribution in [0.25, 0.3) is 10.9 Å². The number of para-hydroxylation sites is 1. The quantitative estimate of drug-likeness (QED) is 0.899. The Morgan fingerprint density at radius 3 is 3.05 bits per heavy atom. The first-order chi connectivity index (χ1) is 9.70. The molecule has 0 radical (unpaired) electrons. The van der Waals surface area contributed by atoms with E-state index in [0.717, 1.165) is 19.7 Å². The highest BCUT2D eigenvalue weighted by Gasteiger charge is 2.23. The van der Waals surface area contributed by atoms with Gasteiger partial charge in [0.15, 0.2) is 0 Å². The fraction of sp³-hybridized carbons (Fsp3) is 0.500. The van der Waals surface area contributed by atoms with Gasteiger partial charge >= 0.3 is 0 Å². The van der Waals surface area contributed by atoms with Crippen molar-refractivity contribution < 1.29 is 9.84 Å². The van der Waals surface area contributed by atoms with Gasteiger partial charge < -0.3 is 14.8 Å². The van der Waals surface area contributed by atoms with Crippen LogP contribution in [-0.2, 0) is 11.3 Å². The second-order valence-electron chi connectivity index (χ2n) is 5.60. The Morgan fingerprint density at radius 1 is 1.40 bits per heavy atom. The molecule has 108 valence electrons. The molecule has 2 heterocycles. The highest BCUT2D eigenvalue weighted by Crippen LogP contribution is 2.25. The summed E-state index contributed by atoms with van der Waals surface area (Å²) in [5, 5.41) is 10.8. The van der Waals surface area contributed by atoms with E-state index in [1.165, 1.54) is 27.7 Å². The molecule has 2 N–H and O–H groups in total. The molecule has 0 aliphatic carbocycles. The average molecular weight is 274 g/mol. The smallest absolute Gasteiger partial charge is 0.0644 e. The Morgan fingerprint density at radius 2 is 2.25 bits per heavy atom. The van der Waals surface area contributed by atoms with Gasteiger partial charge in [-0.1, -0.05) is 18.2 Å². The number of morpholine rings is 1. The maximum absolute atomic E-state index is 9.47. The van der Waals surface area contributed by atoms with Crippen molar-refractivity contribution in [2.45, 2.75) is 26.4 Å². The van der Waals surface area contributed by atoms with Gasteiger partial charge in [-0.25, -0.2) is 0 Å². The summed E-state index contributed by atoms with van der Waals surface area (Å²) >= 11 is 0. The summed E-state index contributed by atoms with van der Waals surface area (Å²) in [4.78, 5) is 5.81. The third kappa shape index (κ3) is 2.35. The van der Waals surface area contributed by atoms with Crippen LogP contribution in [0.15, 0.2) is 18.2 Å². The lowest BCUT2D eigenvalue weighted by atomic mass is 10.1. The number of aromatic amines is 1. The SMILES string of the molecule is Cc1[nH]c2c(CN3CCOC[C@@H]3CO)cccc2c1C. The third-order valence-electron chi connectivity index (χ3n) is 4.36. The van der Waals surface area contributed by atoms with Crippen LogP contribution in [0.5, 0.6) is 0 Å². The predicted octanol–water partition coefficient (Wildman–Crippen LogP) is 1.98. The first kappa shape index (κ1) is 13.6. The summed E-state index contributed by atoms with van der Waals surface area (Å²) in [6, 6.07) is 6.56. The maximum Gasteiger partial charge on any atom is 0.0644 e. The molecular formula is C16H22N2O2. The Bertz CT molecular complexity index is 606. The monoisotopic (exact) mass is 274 g/mol. The largest absolute Gasteiger partial charge is 0.395 e. The van der Waals surface area contributed by atoms with Crippen LogP contribution in [0.3, 0.4) is 0 Å². The third-order valence-corrected chi connectivity index (χ3v) is 4.36. The van der Waals surface area contributed by atoms with E-state index in [0.29, 0.717) is 6.61 Å². The van der Waals surface area contributed by atoms with Crippen molar-refractivity contribution in [2.75, 3.05) is 26.4 Å². The predicted molar refractivity (Wildman–Crippen MR) is 79.9 cm³/mol. The van der Waals surface area contributed by atoms with Gasteiger partial charge in [0.05, 0.1) is 31.4 Å². The molecular weight excluding hydrogens is 252 g/mol. The second-order valence-corrected chi connectivity index (χ2v) is 5.60. The van der Waals surface area contributed by atoms with Crippen molar-refractivity contribution in [3.8, 4) is 0 Å². The number of aromatic nitrogens is 1. The summed E-state index contributed by atoms with van der Waals surface area (Å²) in [6.07, 6.45) is 0. The molecule has 0 spiro atoms. The van der Waals surface area contributed by atoms with E-state index in [9.17, 15) is 5.11 Å². The Kier molecular flexibility index (Phi) is 3.78. The topological polar surface area (TPSA) is 48.5 Å². The first-order valence-electron chi connectivity index (χ1n) is 7.20. The van der Waals surface area contributed by atoms with Gasteiger partial charge in [-0.3, -0.25) is 4.90 Å². The molecule has 1 atom stereocenters. The van der Waals surface area contributed by atoms with Crippen LogP contribution in [-0.4, -0.2) is 47.4 Å². The number of rotatable bonds is 3. The lowest BCUT2D eigenvalue weighted by Gasteiger charge is -2.34. The molecule has 1 aliphatic heterocycles. The first-order valence-corrected chi connectivity index (χ1v) is 7.20. The number of fused-ring (bicyclic) bond motifs is 1. The lowest BCUT2D eigenvalue weighted by Crippen LogP contribution is -2.46. The summed E-state index contributed by atoms with van der Waals surface area (Å²) in [7, 11) is 0. The Balaban J connectivity index is 1.92. The molecule has 0 unspecified atom stereocenters. The molecule has 1 saturated heterocycles. The van der Waals surface area contributed by atoms with Gasteiger partial charge in [0, 0.05) is 24.2 Å². The van der Waals surface area contributed by atoms with Gasteiger partial charge in [-0.15, -0.1) is 0 Å². The Labute approximate surface area is 119 Å². The van der Waals surface area contributed by atoms with Crippen molar-refractivity contribution in [3.63, 3.8) is 0 Å². The molecule has 0 bridgehead atoms. The number of H-pyrrole nitrogens is 1. The number of benzene rings is 1. The number of hydrogen-bond acceptors (Lipinski definition) is 3. The van der Waals surface area contributed by atoms with E-state index in [1.54, 1.807) is 0 Å². The molecule has 1 fully saturated rings. The van der Waals surface area contributed by atoms with Crippen LogP contribution < -0.4 is 0 Å². The highest BCUT2D eigenvalue weighted by molar-refractivity contribution is 5.87. The standard InChI is InChI=1S/C16H22N2O2/c1-11-12(2)17-16-13(4-3-5-15(11)16)8-18-6-7-20-10-14(18)9-19/h3-5,14,17,19H,6-10H2,1-2H3/t14-/m0/s1. The van der Waals surface area contributed by atoms with Crippen LogP contribution in [0.2, 0.25) is 0 Å². The molecule has 3 rings (SSSR count). The molecule has 4 nitrogen and oxygen atoms in total. The number of nitrogens with one attached hydrogen (secondary N) is 1. The van der Waals surface area contributed by atoms with E-state index in [4.69, 9.17) is 4.74 Å². The number of aliphatic hydroxyl groups is 1. The van der Waals surface area contributed by atoms with Crippen molar-refractivity contribution in [1.82, 2.24) is 9.88 Å². The van der Waals surface area contributed by atoms with Gasteiger partial charge in [-0.2, -0.15) is 0 Å². The van der Waals surface area contributed by atoms with E-state index in [1.807, 2.05) is 0 Å². The highest BCUT2D eigenvalue weighted by atomic mass is 16.5. The molecule has 1 aromatic carbocycles. The normalized spacial score (nSPS) is 20.6. The van der Waals surface area contributed by atoms with E-state index < -0.39 is 0 Å². The molecule has 4 heteroatoms. The number of ether oxygens (including phenoxy) is 1. The van der Waals surface area contributed by atoms with Crippen molar-refractivity contribution in [1.29, 1.82) is 0 Å². The zero-order chi connectivity index (χ0) is 14.1. The maximum atomic E-state index is 9.47. The molecule has 20 heavy (non-hydrogen) atoms. The molecule has 0 amide bonds. The summed E-state index contributed by atoms with van der Waals surface area (Å²) in [5.41, 5.74) is 5.07. The minimum absolute atomic E-state index is 0.108. The fourth-order valence-corrected chi connectivity index (χ4v) is 2.96. The number of hydrogen-bond donors (Lipinski definition) is 2. The molecule has 0 saturated carbocycles. The zero-order valence-electron chi connectivity index (χ0n) is 12.1. The van der Waals surface area contributed by atoms with Crippen molar-refractivity contribution >= 4 is 10.9 Å². The summed E-state index contributed by atoms with van der Waals surface area (Å²) in [6.45, 7) is 7.52. The van der Waals surface area contributed by atoms with Gasteiger partial charge in [0.2, 0.25) is 0 Å².